The second-order valence-electron chi connectivity index (χ2n) is 5.55. The van der Waals surface area contributed by atoms with Gasteiger partial charge in [-0.15, -0.1) is 0 Å². The predicted octanol–water partition coefficient (Wildman–Crippen LogP) is 2.79. The van der Waals surface area contributed by atoms with Crippen LogP contribution in [0.3, 0.4) is 0 Å². The Bertz CT molecular complexity index is 434. The minimum absolute atomic E-state index is 0.112. The SMILES string of the molecule is COc1ccc([C@@H](C)N)c(OC2CCCCCC2O)c1. The molecular weight excluding hydrogens is 254 g/mol. The lowest BCUT2D eigenvalue weighted by atomic mass is 10.1. The third-order valence-corrected chi connectivity index (χ3v) is 3.91. The Morgan fingerprint density at radius 1 is 1.25 bits per heavy atom. The average Bonchev–Trinajstić information content (AvgIpc) is 2.64. The summed E-state index contributed by atoms with van der Waals surface area (Å²) in [6.45, 7) is 1.93. The zero-order chi connectivity index (χ0) is 14.5. The number of methoxy groups -OCH3 is 1. The average molecular weight is 279 g/mol. The van der Waals surface area contributed by atoms with E-state index in [1.54, 1.807) is 7.11 Å². The van der Waals surface area contributed by atoms with E-state index in [4.69, 9.17) is 15.2 Å². The summed E-state index contributed by atoms with van der Waals surface area (Å²) in [5.74, 6) is 1.47. The fourth-order valence-electron chi connectivity index (χ4n) is 2.67. The van der Waals surface area contributed by atoms with Gasteiger partial charge in [0.25, 0.3) is 0 Å². The minimum Gasteiger partial charge on any atom is -0.497 e. The van der Waals surface area contributed by atoms with E-state index >= 15 is 0 Å². The van der Waals surface area contributed by atoms with Crippen molar-refractivity contribution in [2.24, 2.45) is 5.73 Å². The van der Waals surface area contributed by atoms with Crippen LogP contribution in [0.4, 0.5) is 0 Å². The van der Waals surface area contributed by atoms with Crippen molar-refractivity contribution in [3.05, 3.63) is 23.8 Å². The maximum absolute atomic E-state index is 10.2. The molecule has 3 atom stereocenters. The standard InChI is InChI=1S/C16H25NO3/c1-11(17)13-9-8-12(19-2)10-16(13)20-15-7-5-3-4-6-14(15)18/h8-11,14-15,18H,3-7,17H2,1-2H3/t11-,14?,15?/m1/s1. The van der Waals surface area contributed by atoms with Crippen LogP contribution in [0.25, 0.3) is 0 Å². The summed E-state index contributed by atoms with van der Waals surface area (Å²) in [7, 11) is 1.63. The first-order chi connectivity index (χ1) is 9.61. The highest BCUT2D eigenvalue weighted by Gasteiger charge is 2.24. The van der Waals surface area contributed by atoms with Crippen LogP contribution in [-0.2, 0) is 0 Å². The summed E-state index contributed by atoms with van der Waals surface area (Å²) < 4.78 is 11.3. The lowest BCUT2D eigenvalue weighted by Crippen LogP contribution is -2.31. The Morgan fingerprint density at radius 3 is 2.70 bits per heavy atom. The lowest BCUT2D eigenvalue weighted by Gasteiger charge is -2.24. The van der Waals surface area contributed by atoms with Crippen LogP contribution in [0, 0.1) is 0 Å². The largest absolute Gasteiger partial charge is 0.497 e. The van der Waals surface area contributed by atoms with Gasteiger partial charge in [-0.25, -0.2) is 0 Å². The van der Waals surface area contributed by atoms with E-state index in [-0.39, 0.29) is 12.1 Å². The summed E-state index contributed by atoms with van der Waals surface area (Å²) in [5.41, 5.74) is 6.94. The van der Waals surface area contributed by atoms with Crippen molar-refractivity contribution >= 4 is 0 Å². The molecule has 4 nitrogen and oxygen atoms in total. The summed E-state index contributed by atoms with van der Waals surface area (Å²) in [4.78, 5) is 0. The molecule has 0 aliphatic heterocycles. The Morgan fingerprint density at radius 2 is 2.00 bits per heavy atom. The molecular formula is C16H25NO3. The quantitative estimate of drug-likeness (QED) is 0.832. The topological polar surface area (TPSA) is 64.7 Å². The number of hydrogen-bond acceptors (Lipinski definition) is 4. The van der Waals surface area contributed by atoms with Crippen molar-refractivity contribution < 1.29 is 14.6 Å². The first kappa shape index (κ1) is 15.1. The molecule has 3 N–H and O–H groups in total. The van der Waals surface area contributed by atoms with Crippen LogP contribution >= 0.6 is 0 Å². The third kappa shape index (κ3) is 3.64. The highest BCUT2D eigenvalue weighted by atomic mass is 16.5. The van der Waals surface area contributed by atoms with Gasteiger partial charge < -0.3 is 20.3 Å². The van der Waals surface area contributed by atoms with Crippen molar-refractivity contribution in [2.75, 3.05) is 7.11 Å². The van der Waals surface area contributed by atoms with Gasteiger partial charge in [0.1, 0.15) is 17.6 Å². The fraction of sp³-hybridized carbons (Fsp3) is 0.625. The lowest BCUT2D eigenvalue weighted by molar-refractivity contribution is 0.0311. The van der Waals surface area contributed by atoms with Crippen LogP contribution < -0.4 is 15.2 Å². The molecule has 0 spiro atoms. The monoisotopic (exact) mass is 279 g/mol. The van der Waals surface area contributed by atoms with Gasteiger partial charge in [-0.05, 0) is 32.3 Å². The molecule has 1 saturated carbocycles. The predicted molar refractivity (Wildman–Crippen MR) is 79.1 cm³/mol. The molecule has 1 aliphatic carbocycles. The second kappa shape index (κ2) is 6.95. The first-order valence-corrected chi connectivity index (χ1v) is 7.40. The maximum atomic E-state index is 10.2. The smallest absolute Gasteiger partial charge is 0.128 e. The summed E-state index contributed by atoms with van der Waals surface area (Å²) in [6, 6.07) is 5.56. The molecule has 0 heterocycles. The molecule has 2 unspecified atom stereocenters. The number of benzene rings is 1. The number of aliphatic hydroxyl groups excluding tert-OH is 1. The van der Waals surface area contributed by atoms with Crippen LogP contribution in [0.5, 0.6) is 11.5 Å². The summed E-state index contributed by atoms with van der Waals surface area (Å²) in [6.07, 6.45) is 4.47. The van der Waals surface area contributed by atoms with E-state index in [9.17, 15) is 5.11 Å². The van der Waals surface area contributed by atoms with Gasteiger partial charge in [0.2, 0.25) is 0 Å². The Balaban J connectivity index is 2.21. The number of aliphatic hydroxyl groups is 1. The van der Waals surface area contributed by atoms with Gasteiger partial charge in [0.15, 0.2) is 0 Å². The Labute approximate surface area is 120 Å². The number of rotatable bonds is 4. The zero-order valence-electron chi connectivity index (χ0n) is 12.3. The molecule has 20 heavy (non-hydrogen) atoms. The van der Waals surface area contributed by atoms with Gasteiger partial charge in [0, 0.05) is 17.7 Å². The van der Waals surface area contributed by atoms with Crippen molar-refractivity contribution in [3.8, 4) is 11.5 Å². The molecule has 1 fully saturated rings. The van der Waals surface area contributed by atoms with E-state index in [2.05, 4.69) is 0 Å². The van der Waals surface area contributed by atoms with Crippen LogP contribution in [-0.4, -0.2) is 24.4 Å². The highest BCUT2D eigenvalue weighted by Crippen LogP contribution is 2.31. The molecule has 0 amide bonds. The van der Waals surface area contributed by atoms with Crippen LogP contribution in [0.15, 0.2) is 18.2 Å². The molecule has 0 saturated heterocycles. The van der Waals surface area contributed by atoms with E-state index in [1.165, 1.54) is 0 Å². The second-order valence-corrected chi connectivity index (χ2v) is 5.55. The molecule has 0 radical (unpaired) electrons. The van der Waals surface area contributed by atoms with Gasteiger partial charge in [-0.1, -0.05) is 18.9 Å². The van der Waals surface area contributed by atoms with Crippen molar-refractivity contribution in [3.63, 3.8) is 0 Å². The van der Waals surface area contributed by atoms with E-state index in [0.717, 1.165) is 49.2 Å². The number of hydrogen-bond donors (Lipinski definition) is 2. The van der Waals surface area contributed by atoms with E-state index in [0.29, 0.717) is 0 Å². The van der Waals surface area contributed by atoms with Gasteiger partial charge >= 0.3 is 0 Å². The molecule has 0 bridgehead atoms. The van der Waals surface area contributed by atoms with E-state index in [1.807, 2.05) is 25.1 Å². The number of nitrogens with two attached hydrogens (primary N) is 1. The maximum Gasteiger partial charge on any atom is 0.128 e. The third-order valence-electron chi connectivity index (χ3n) is 3.91. The highest BCUT2D eigenvalue weighted by molar-refractivity contribution is 5.42. The molecule has 2 rings (SSSR count). The van der Waals surface area contributed by atoms with Gasteiger partial charge in [0.05, 0.1) is 13.2 Å². The summed E-state index contributed by atoms with van der Waals surface area (Å²) >= 11 is 0. The number of ether oxygens (including phenoxy) is 2. The molecule has 112 valence electrons. The Hall–Kier alpha value is -1.26. The van der Waals surface area contributed by atoms with Crippen molar-refractivity contribution in [1.82, 2.24) is 0 Å². The van der Waals surface area contributed by atoms with Gasteiger partial charge in [-0.2, -0.15) is 0 Å². The molecule has 0 aromatic heterocycles. The van der Waals surface area contributed by atoms with Gasteiger partial charge in [-0.3, -0.25) is 0 Å². The minimum atomic E-state index is -0.398. The zero-order valence-corrected chi connectivity index (χ0v) is 12.3. The van der Waals surface area contributed by atoms with Crippen LogP contribution in [0.1, 0.15) is 50.6 Å². The Kier molecular flexibility index (Phi) is 5.26. The van der Waals surface area contributed by atoms with E-state index < -0.39 is 6.10 Å². The molecule has 1 aliphatic rings. The van der Waals surface area contributed by atoms with Crippen molar-refractivity contribution in [2.45, 2.75) is 57.3 Å². The normalized spacial score (nSPS) is 24.8. The first-order valence-electron chi connectivity index (χ1n) is 7.40. The van der Waals surface area contributed by atoms with Crippen molar-refractivity contribution in [1.29, 1.82) is 0 Å². The summed E-state index contributed by atoms with van der Waals surface area (Å²) in [5, 5.41) is 10.2. The molecule has 1 aromatic rings. The molecule has 4 heteroatoms. The molecule has 1 aromatic carbocycles. The fourth-order valence-corrected chi connectivity index (χ4v) is 2.67. The van der Waals surface area contributed by atoms with Crippen LogP contribution in [0.2, 0.25) is 0 Å².